The number of hydrogen-bond acceptors (Lipinski definition) is 4. The Morgan fingerprint density at radius 3 is 2.96 bits per heavy atom. The lowest BCUT2D eigenvalue weighted by Gasteiger charge is -2.33. The van der Waals surface area contributed by atoms with Crippen molar-refractivity contribution in [1.29, 1.82) is 5.26 Å². The summed E-state index contributed by atoms with van der Waals surface area (Å²) in [5, 5.41) is 13.2. The van der Waals surface area contributed by atoms with Crippen molar-refractivity contribution < 1.29 is 8.94 Å². The molecule has 1 fully saturated rings. The van der Waals surface area contributed by atoms with E-state index >= 15 is 0 Å². The van der Waals surface area contributed by atoms with Crippen LogP contribution < -0.4 is 5.32 Å². The lowest BCUT2D eigenvalue weighted by molar-refractivity contribution is 0.149. The predicted molar refractivity (Wildman–Crippen MR) is 98.9 cm³/mol. The van der Waals surface area contributed by atoms with E-state index in [1.807, 2.05) is 30.1 Å². The van der Waals surface area contributed by atoms with E-state index in [1.54, 1.807) is 6.92 Å². The summed E-state index contributed by atoms with van der Waals surface area (Å²) in [6, 6.07) is 7.35. The van der Waals surface area contributed by atoms with Gasteiger partial charge in [-0.25, -0.2) is 4.39 Å². The first-order valence-corrected chi connectivity index (χ1v) is 9.39. The zero-order chi connectivity index (χ0) is 18.0. The Hall–Kier alpha value is -2.12. The van der Waals surface area contributed by atoms with E-state index in [9.17, 15) is 8.94 Å². The Morgan fingerprint density at radius 1 is 1.48 bits per heavy atom. The van der Waals surface area contributed by atoms with Crippen molar-refractivity contribution in [3.05, 3.63) is 28.6 Å². The molecule has 1 aromatic heterocycles. The van der Waals surface area contributed by atoms with Crippen molar-refractivity contribution in [1.82, 2.24) is 4.90 Å². The molecule has 2 heterocycles. The third kappa shape index (κ3) is 3.34. The van der Waals surface area contributed by atoms with Crippen molar-refractivity contribution in [3.8, 4) is 17.9 Å². The van der Waals surface area contributed by atoms with Gasteiger partial charge in [-0.2, -0.15) is 5.26 Å². The fourth-order valence-electron chi connectivity index (χ4n) is 3.33. The largest absolute Gasteiger partial charge is 0.589 e. The molecule has 3 unspecified atom stereocenters. The van der Waals surface area contributed by atoms with Gasteiger partial charge in [-0.3, -0.25) is 0 Å². The summed E-state index contributed by atoms with van der Waals surface area (Å²) in [5.41, 5.74) is 1.39. The number of alkyl halides is 1. The molecule has 1 saturated heterocycles. The first kappa shape index (κ1) is 17.7. The summed E-state index contributed by atoms with van der Waals surface area (Å²) >= 11 is 0. The number of rotatable bonds is 3. The van der Waals surface area contributed by atoms with Crippen LogP contribution >= 0.6 is 10.8 Å². The zero-order valence-corrected chi connectivity index (χ0v) is 15.1. The highest BCUT2D eigenvalue weighted by atomic mass is 32.2. The molecule has 1 aliphatic heterocycles. The van der Waals surface area contributed by atoms with Gasteiger partial charge in [0.25, 0.3) is 0 Å². The van der Waals surface area contributed by atoms with E-state index in [4.69, 9.17) is 5.26 Å². The molecule has 2 aromatic rings. The van der Waals surface area contributed by atoms with Gasteiger partial charge in [0.05, 0.1) is 24.2 Å². The molecule has 0 bridgehead atoms. The predicted octanol–water partition coefficient (Wildman–Crippen LogP) is 3.46. The van der Waals surface area contributed by atoms with Gasteiger partial charge in [0, 0.05) is 24.0 Å². The summed E-state index contributed by atoms with van der Waals surface area (Å²) < 4.78 is 28.0. The van der Waals surface area contributed by atoms with Crippen LogP contribution in [0, 0.1) is 23.2 Å². The summed E-state index contributed by atoms with van der Waals surface area (Å²) in [5.74, 6) is 5.67. The van der Waals surface area contributed by atoms with Gasteiger partial charge in [-0.1, -0.05) is 12.0 Å². The van der Waals surface area contributed by atoms with Crippen molar-refractivity contribution in [2.45, 2.75) is 32.0 Å². The number of halogens is 1. The molecule has 25 heavy (non-hydrogen) atoms. The number of benzene rings is 1. The fraction of sp³-hybridized carbons (Fsp3) is 0.421. The fourth-order valence-corrected chi connectivity index (χ4v) is 4.86. The van der Waals surface area contributed by atoms with Crippen LogP contribution in [0.25, 0.3) is 10.1 Å². The van der Waals surface area contributed by atoms with Crippen LogP contribution in [0.15, 0.2) is 18.2 Å². The number of anilines is 1. The van der Waals surface area contributed by atoms with Crippen LogP contribution in [0.2, 0.25) is 0 Å². The molecule has 0 saturated carbocycles. The van der Waals surface area contributed by atoms with Gasteiger partial charge in [0.2, 0.25) is 9.58 Å². The molecular formula is C19H20FN3OS. The second-order valence-electron chi connectivity index (χ2n) is 6.29. The smallest absolute Gasteiger partial charge is 0.228 e. The van der Waals surface area contributed by atoms with Crippen molar-refractivity contribution in [3.63, 3.8) is 0 Å². The van der Waals surface area contributed by atoms with Crippen molar-refractivity contribution in [2.24, 2.45) is 0 Å². The van der Waals surface area contributed by atoms with Crippen LogP contribution in [-0.2, 0) is 6.42 Å². The highest BCUT2D eigenvalue weighted by Crippen LogP contribution is 2.42. The Labute approximate surface area is 150 Å². The molecule has 1 aliphatic rings. The lowest BCUT2D eigenvalue weighted by Crippen LogP contribution is -2.46. The Bertz CT molecular complexity index is 890. The third-order valence-electron chi connectivity index (χ3n) is 4.56. The van der Waals surface area contributed by atoms with Crippen LogP contribution in [0.4, 0.5) is 10.1 Å². The molecule has 1 N–H and O–H groups in total. The maximum Gasteiger partial charge on any atom is 0.228 e. The standard InChI is InChI=1S/C19H20FN3OS/c1-3-5-18-13(8-10-21)14-6-4-7-17(19(14)25(18)24)22-16-9-11-23(2)12-15(16)20/h4,6-7,15-16,22H,8-9,11-12H2,1-2H3. The normalized spacial score (nSPS) is 21.5. The summed E-state index contributed by atoms with van der Waals surface area (Å²) in [7, 11) is 0.467. The molecule has 3 atom stereocenters. The molecule has 4 nitrogen and oxygen atoms in total. The minimum Gasteiger partial charge on any atom is -0.589 e. The summed E-state index contributed by atoms with van der Waals surface area (Å²) in [6.45, 7) is 2.89. The molecule has 1 aromatic carbocycles. The van der Waals surface area contributed by atoms with Crippen molar-refractivity contribution in [2.75, 3.05) is 25.5 Å². The molecule has 0 spiro atoms. The molecule has 130 valence electrons. The van der Waals surface area contributed by atoms with Crippen LogP contribution in [0.5, 0.6) is 0 Å². The van der Waals surface area contributed by atoms with Gasteiger partial charge in [0.15, 0.2) is 0 Å². The van der Waals surface area contributed by atoms with E-state index in [0.29, 0.717) is 33.8 Å². The molecule has 6 heteroatoms. The van der Waals surface area contributed by atoms with E-state index in [0.717, 1.165) is 11.9 Å². The minimum atomic E-state index is -1.44. The number of likely N-dealkylation sites (tertiary alicyclic amines) is 1. The number of piperidine rings is 1. The molecule has 0 amide bonds. The second kappa shape index (κ2) is 7.41. The van der Waals surface area contributed by atoms with E-state index < -0.39 is 16.9 Å². The molecule has 0 aliphatic carbocycles. The van der Waals surface area contributed by atoms with E-state index in [-0.39, 0.29) is 12.5 Å². The monoisotopic (exact) mass is 357 g/mol. The zero-order valence-electron chi connectivity index (χ0n) is 14.3. The van der Waals surface area contributed by atoms with Crippen LogP contribution in [0.1, 0.15) is 23.8 Å². The third-order valence-corrected chi connectivity index (χ3v) is 6.09. The SMILES string of the molecule is CC#Cc1c(CC#N)c2cccc(NC3CCN(C)CC3F)c2[s+]1[O-]. The molecular weight excluding hydrogens is 337 g/mol. The van der Waals surface area contributed by atoms with Gasteiger partial charge in [-0.05, 0) is 49.2 Å². The van der Waals surface area contributed by atoms with Gasteiger partial charge in [-0.15, -0.1) is 0 Å². The Balaban J connectivity index is 2.06. The Kier molecular flexibility index (Phi) is 5.24. The molecule has 3 rings (SSSR count). The number of nitriles is 1. The highest BCUT2D eigenvalue weighted by Gasteiger charge is 2.30. The quantitative estimate of drug-likeness (QED) is 0.675. The topological polar surface area (TPSA) is 62.1 Å². The molecule has 0 radical (unpaired) electrons. The number of fused-ring (bicyclic) bond motifs is 1. The number of nitrogens with one attached hydrogen (secondary N) is 1. The van der Waals surface area contributed by atoms with Crippen molar-refractivity contribution >= 4 is 26.5 Å². The number of hydrogen-bond donors (Lipinski definition) is 1. The lowest BCUT2D eigenvalue weighted by atomic mass is 10.0. The van der Waals surface area contributed by atoms with E-state index in [2.05, 4.69) is 23.2 Å². The number of thiophene rings is 1. The van der Waals surface area contributed by atoms with E-state index in [1.165, 1.54) is 0 Å². The maximum atomic E-state index is 14.4. The highest BCUT2D eigenvalue weighted by molar-refractivity contribution is 7.32. The summed E-state index contributed by atoms with van der Waals surface area (Å²) in [6.07, 6.45) is -0.133. The summed E-state index contributed by atoms with van der Waals surface area (Å²) in [4.78, 5) is 2.46. The minimum absolute atomic E-state index is 0.159. The number of nitrogens with zero attached hydrogens (tertiary/aromatic N) is 2. The average Bonchev–Trinajstić information content (AvgIpc) is 2.85. The van der Waals surface area contributed by atoms with Crippen LogP contribution in [0.3, 0.4) is 0 Å². The Morgan fingerprint density at radius 2 is 2.28 bits per heavy atom. The van der Waals surface area contributed by atoms with Gasteiger partial charge < -0.3 is 14.8 Å². The average molecular weight is 357 g/mol. The first-order valence-electron chi connectivity index (χ1n) is 8.24. The second-order valence-corrected chi connectivity index (χ2v) is 7.64. The van der Waals surface area contributed by atoms with Gasteiger partial charge >= 0.3 is 0 Å². The first-order chi connectivity index (χ1) is 12.1. The van der Waals surface area contributed by atoms with Gasteiger partial charge in [0.1, 0.15) is 6.17 Å². The van der Waals surface area contributed by atoms with Crippen LogP contribution in [-0.4, -0.2) is 41.8 Å². The maximum absolute atomic E-state index is 14.4.